The largest absolute Gasteiger partial charge is 0.202 e. The van der Waals surface area contributed by atoms with E-state index in [1.54, 1.807) is 6.07 Å². The zero-order chi connectivity index (χ0) is 31.7. The highest BCUT2D eigenvalue weighted by molar-refractivity contribution is 5.54. The molecule has 0 aliphatic rings. The summed E-state index contributed by atoms with van der Waals surface area (Å²) in [5.41, 5.74) is -8.57. The minimum absolute atomic E-state index is 0.210. The third-order valence-electron chi connectivity index (χ3n) is 5.47. The molecule has 0 heterocycles. The summed E-state index contributed by atoms with van der Waals surface area (Å²) >= 11 is 0. The first-order valence-electron chi connectivity index (χ1n) is 11.1. The Labute approximate surface area is 232 Å². The molecule has 0 atom stereocenters. The van der Waals surface area contributed by atoms with Gasteiger partial charge in [0.05, 0.1) is 0 Å². The van der Waals surface area contributed by atoms with Gasteiger partial charge in [0.1, 0.15) is 27.8 Å². The van der Waals surface area contributed by atoms with Crippen LogP contribution < -0.4 is 0 Å². The van der Waals surface area contributed by atoms with Crippen molar-refractivity contribution in [2.24, 2.45) is 0 Å². The maximum atomic E-state index is 14.5. The van der Waals surface area contributed by atoms with Crippen molar-refractivity contribution in [2.45, 2.75) is 0 Å². The van der Waals surface area contributed by atoms with E-state index in [1.165, 1.54) is 47.9 Å². The summed E-state index contributed by atoms with van der Waals surface area (Å²) in [5, 5.41) is 0. The lowest BCUT2D eigenvalue weighted by atomic mass is 10.0. The van der Waals surface area contributed by atoms with Gasteiger partial charge in [-0.2, -0.15) is 0 Å². The Balaban J connectivity index is 1.80. The molecule has 0 aliphatic carbocycles. The van der Waals surface area contributed by atoms with Crippen molar-refractivity contribution in [3.8, 4) is 35.5 Å². The maximum absolute atomic E-state index is 14.5. The van der Waals surface area contributed by atoms with Gasteiger partial charge in [0.15, 0.2) is 69.8 Å². The van der Waals surface area contributed by atoms with Gasteiger partial charge in [-0.3, -0.25) is 0 Å². The molecule has 0 amide bonds. The van der Waals surface area contributed by atoms with Crippen molar-refractivity contribution in [1.82, 2.24) is 0 Å². The molecule has 0 fully saturated rings. The fraction of sp³-hybridized carbons (Fsp3) is 0. The molecule has 43 heavy (non-hydrogen) atoms. The Hall–Kier alpha value is -5.35. The Morgan fingerprint density at radius 3 is 0.744 bits per heavy atom. The lowest BCUT2D eigenvalue weighted by Gasteiger charge is -2.06. The minimum Gasteiger partial charge on any atom is -0.202 e. The molecule has 4 aromatic carbocycles. The van der Waals surface area contributed by atoms with Crippen LogP contribution in [-0.4, -0.2) is 0 Å². The normalized spacial score (nSPS) is 10.3. The summed E-state index contributed by atoms with van der Waals surface area (Å²) in [6.07, 6.45) is 0. The van der Waals surface area contributed by atoms with Crippen LogP contribution in [0.2, 0.25) is 0 Å². The van der Waals surface area contributed by atoms with Crippen LogP contribution in [0.25, 0.3) is 0 Å². The van der Waals surface area contributed by atoms with E-state index >= 15 is 0 Å². The maximum Gasteiger partial charge on any atom is 0.200 e. The Morgan fingerprint density at radius 1 is 0.256 bits per heavy atom. The zero-order valence-corrected chi connectivity index (χ0v) is 20.3. The number of halogens is 13. The van der Waals surface area contributed by atoms with Crippen LogP contribution in [0.3, 0.4) is 0 Å². The number of rotatable bonds is 0. The number of hydrogen-bond donors (Lipinski definition) is 0. The smallest absolute Gasteiger partial charge is 0.200 e. The highest BCUT2D eigenvalue weighted by Crippen LogP contribution is 2.27. The van der Waals surface area contributed by atoms with E-state index in [0.717, 1.165) is 0 Å². The van der Waals surface area contributed by atoms with Crippen molar-refractivity contribution < 1.29 is 57.1 Å². The van der Waals surface area contributed by atoms with Gasteiger partial charge in [0.25, 0.3) is 0 Å². The second kappa shape index (κ2) is 11.9. The molecule has 0 aliphatic heterocycles. The molecule has 0 nitrogen and oxygen atoms in total. The van der Waals surface area contributed by atoms with E-state index in [-0.39, 0.29) is 5.56 Å². The molecule has 0 bridgehead atoms. The van der Waals surface area contributed by atoms with Crippen molar-refractivity contribution in [2.75, 3.05) is 0 Å². The van der Waals surface area contributed by atoms with Crippen LogP contribution in [0.4, 0.5) is 57.1 Å². The summed E-state index contributed by atoms with van der Waals surface area (Å²) in [6, 6.07) is 7.42. The molecular formula is C30H5F13. The second-order valence-electron chi connectivity index (χ2n) is 8.07. The van der Waals surface area contributed by atoms with Crippen LogP contribution in [0.15, 0.2) is 30.3 Å². The Bertz CT molecular complexity index is 1930. The standard InChI is InChI=1S/C30H5F13/c31-18-13(7-6-12-4-2-1-3-5-12)19(32)21(34)14(20(18)33)8-9-15-22(35)24(37)16(25(38)23(15)36)10-11-17-26(39)28(41)30(43)29(42)27(17)40/h1-5H. The third-order valence-corrected chi connectivity index (χ3v) is 5.47. The quantitative estimate of drug-likeness (QED) is 0.0827. The number of hydrogen-bond acceptors (Lipinski definition) is 0. The van der Waals surface area contributed by atoms with E-state index in [0.29, 0.717) is 0 Å². The molecule has 0 spiro atoms. The summed E-state index contributed by atoms with van der Waals surface area (Å²) < 4.78 is 183. The fourth-order valence-corrected chi connectivity index (χ4v) is 3.32. The van der Waals surface area contributed by atoms with Crippen LogP contribution in [0.5, 0.6) is 0 Å². The van der Waals surface area contributed by atoms with Gasteiger partial charge < -0.3 is 0 Å². The van der Waals surface area contributed by atoms with Gasteiger partial charge in [0.2, 0.25) is 5.82 Å². The lowest BCUT2D eigenvalue weighted by Crippen LogP contribution is -2.07. The van der Waals surface area contributed by atoms with E-state index < -0.39 is 103 Å². The van der Waals surface area contributed by atoms with E-state index in [1.807, 2.05) is 5.92 Å². The number of benzene rings is 4. The second-order valence-corrected chi connectivity index (χ2v) is 8.07. The van der Waals surface area contributed by atoms with E-state index in [4.69, 9.17) is 0 Å². The van der Waals surface area contributed by atoms with Gasteiger partial charge >= 0.3 is 0 Å². The summed E-state index contributed by atoms with van der Waals surface area (Å²) in [6.45, 7) is 0. The molecule has 0 radical (unpaired) electrons. The molecule has 13 heteroatoms. The van der Waals surface area contributed by atoms with Crippen LogP contribution in [-0.2, 0) is 0 Å². The van der Waals surface area contributed by atoms with Crippen molar-refractivity contribution in [3.05, 3.63) is 139 Å². The topological polar surface area (TPSA) is 0 Å². The first-order valence-corrected chi connectivity index (χ1v) is 11.1. The monoisotopic (exact) mass is 612 g/mol. The van der Waals surface area contributed by atoms with Gasteiger partial charge in [-0.15, -0.1) is 0 Å². The highest BCUT2D eigenvalue weighted by atomic mass is 19.2. The first-order chi connectivity index (χ1) is 20.3. The summed E-state index contributed by atoms with van der Waals surface area (Å²) in [5.74, 6) is -21.5. The molecule has 0 N–H and O–H groups in total. The SMILES string of the molecule is Fc1c(F)c(F)c(C#Cc2c(F)c(F)c(C#Cc3c(F)c(F)c(C#Cc4ccccc4)c(F)c3F)c(F)c2F)c(F)c1F. The third kappa shape index (κ3) is 5.47. The van der Waals surface area contributed by atoms with Crippen molar-refractivity contribution in [3.63, 3.8) is 0 Å². The van der Waals surface area contributed by atoms with Gasteiger partial charge in [0, 0.05) is 5.56 Å². The van der Waals surface area contributed by atoms with Crippen molar-refractivity contribution >= 4 is 0 Å². The average Bonchev–Trinajstić information content (AvgIpc) is 3.00. The molecule has 4 aromatic rings. The Kier molecular flexibility index (Phi) is 8.45. The molecule has 0 saturated carbocycles. The predicted molar refractivity (Wildman–Crippen MR) is 123 cm³/mol. The minimum atomic E-state index is -2.58. The first kappa shape index (κ1) is 30.6. The van der Waals surface area contributed by atoms with Gasteiger partial charge in [-0.1, -0.05) is 53.7 Å². The van der Waals surface area contributed by atoms with Crippen LogP contribution >= 0.6 is 0 Å². The summed E-state index contributed by atoms with van der Waals surface area (Å²) in [4.78, 5) is 0. The molecular weight excluding hydrogens is 607 g/mol. The molecule has 0 unspecified atom stereocenters. The van der Waals surface area contributed by atoms with Crippen molar-refractivity contribution in [1.29, 1.82) is 0 Å². The van der Waals surface area contributed by atoms with E-state index in [9.17, 15) is 57.1 Å². The Morgan fingerprint density at radius 2 is 0.465 bits per heavy atom. The highest BCUT2D eigenvalue weighted by Gasteiger charge is 2.28. The zero-order valence-electron chi connectivity index (χ0n) is 20.3. The lowest BCUT2D eigenvalue weighted by molar-refractivity contribution is 0.376. The predicted octanol–water partition coefficient (Wildman–Crippen LogP) is 7.69. The fourth-order valence-electron chi connectivity index (χ4n) is 3.32. The molecule has 216 valence electrons. The molecule has 0 aromatic heterocycles. The van der Waals surface area contributed by atoms with Crippen LogP contribution in [0, 0.1) is 111 Å². The van der Waals surface area contributed by atoms with E-state index in [2.05, 4.69) is 5.92 Å². The van der Waals surface area contributed by atoms with Gasteiger partial charge in [-0.25, -0.2) is 57.1 Å². The molecule has 0 saturated heterocycles. The average molecular weight is 612 g/mol. The van der Waals surface area contributed by atoms with Crippen LogP contribution in [0.1, 0.15) is 33.4 Å². The molecule has 4 rings (SSSR count). The van der Waals surface area contributed by atoms with Gasteiger partial charge in [-0.05, 0) is 12.1 Å². The summed E-state index contributed by atoms with van der Waals surface area (Å²) in [7, 11) is 0.